The number of sulfonamides is 1. The molecule has 1 aliphatic rings. The van der Waals surface area contributed by atoms with Crippen molar-refractivity contribution in [2.75, 3.05) is 31.1 Å². The largest absolute Gasteiger partial charge is 0.369 e. The molecule has 0 atom stereocenters. The van der Waals surface area contributed by atoms with Crippen molar-refractivity contribution in [3.8, 4) is 0 Å². The molecule has 26 heavy (non-hydrogen) atoms. The molecule has 2 aromatic carbocycles. The van der Waals surface area contributed by atoms with Crippen LogP contribution in [0.25, 0.3) is 11.0 Å². The Kier molecular flexibility index (Phi) is 4.16. The van der Waals surface area contributed by atoms with E-state index < -0.39 is 10.0 Å². The van der Waals surface area contributed by atoms with Gasteiger partial charge < -0.3 is 4.90 Å². The summed E-state index contributed by atoms with van der Waals surface area (Å²) in [6.07, 6.45) is 0. The van der Waals surface area contributed by atoms with E-state index in [0.29, 0.717) is 31.7 Å². The van der Waals surface area contributed by atoms with Gasteiger partial charge in [-0.1, -0.05) is 18.2 Å². The number of anilines is 1. The van der Waals surface area contributed by atoms with Crippen LogP contribution in [-0.4, -0.2) is 49.2 Å². The SMILES string of the molecule is Cc1ccc(C)c(N2CCN(S(=O)(=O)c3cccc4nonc34)CC2)c1. The van der Waals surface area contributed by atoms with Crippen molar-refractivity contribution in [2.45, 2.75) is 18.7 Å². The Bertz CT molecular complexity index is 1050. The Labute approximate surface area is 152 Å². The minimum Gasteiger partial charge on any atom is -0.369 e. The van der Waals surface area contributed by atoms with Gasteiger partial charge in [0.25, 0.3) is 0 Å². The number of benzene rings is 2. The zero-order valence-electron chi connectivity index (χ0n) is 14.7. The number of aryl methyl sites for hydroxylation is 2. The second kappa shape index (κ2) is 6.37. The number of hydrogen-bond donors (Lipinski definition) is 0. The molecule has 0 unspecified atom stereocenters. The Balaban J connectivity index is 1.58. The number of nitrogens with zero attached hydrogens (tertiary/aromatic N) is 4. The normalized spacial score (nSPS) is 16.3. The van der Waals surface area contributed by atoms with Crippen LogP contribution in [0.1, 0.15) is 11.1 Å². The predicted octanol–water partition coefficient (Wildman–Crippen LogP) is 2.35. The highest BCUT2D eigenvalue weighted by molar-refractivity contribution is 7.89. The van der Waals surface area contributed by atoms with E-state index in [4.69, 9.17) is 4.63 Å². The van der Waals surface area contributed by atoms with Crippen molar-refractivity contribution in [3.63, 3.8) is 0 Å². The molecule has 1 aliphatic heterocycles. The summed E-state index contributed by atoms with van der Waals surface area (Å²) in [6, 6.07) is 11.2. The summed E-state index contributed by atoms with van der Waals surface area (Å²) in [5.74, 6) is 0. The first kappa shape index (κ1) is 17.0. The average Bonchev–Trinajstić information content (AvgIpc) is 3.12. The molecule has 0 amide bonds. The maximum atomic E-state index is 13.1. The molecule has 1 fully saturated rings. The van der Waals surface area contributed by atoms with Gasteiger partial charge in [-0.3, -0.25) is 0 Å². The molecule has 7 nitrogen and oxygen atoms in total. The number of fused-ring (bicyclic) bond motifs is 1. The first-order chi connectivity index (χ1) is 12.5. The lowest BCUT2D eigenvalue weighted by Gasteiger charge is -2.36. The zero-order valence-corrected chi connectivity index (χ0v) is 15.5. The van der Waals surface area contributed by atoms with Crippen LogP contribution in [0.2, 0.25) is 0 Å². The van der Waals surface area contributed by atoms with Crippen LogP contribution in [0.3, 0.4) is 0 Å². The molecular formula is C18H20N4O3S. The summed E-state index contributed by atoms with van der Waals surface area (Å²) >= 11 is 0. The minimum atomic E-state index is -3.64. The van der Waals surface area contributed by atoms with Gasteiger partial charge in [-0.05, 0) is 53.5 Å². The van der Waals surface area contributed by atoms with Crippen LogP contribution in [0.5, 0.6) is 0 Å². The molecule has 0 radical (unpaired) electrons. The maximum Gasteiger partial charge on any atom is 0.245 e. The molecule has 4 rings (SSSR count). The van der Waals surface area contributed by atoms with Gasteiger partial charge in [0.15, 0.2) is 5.52 Å². The van der Waals surface area contributed by atoms with Crippen LogP contribution < -0.4 is 4.90 Å². The molecule has 0 saturated carbocycles. The van der Waals surface area contributed by atoms with Crippen LogP contribution in [0.4, 0.5) is 5.69 Å². The number of rotatable bonds is 3. The summed E-state index contributed by atoms with van der Waals surface area (Å²) in [7, 11) is -3.64. The standard InChI is InChI=1S/C18H20N4O3S/c1-13-6-7-14(2)16(12-13)21-8-10-22(11-9-21)26(23,24)17-5-3-4-15-18(17)20-25-19-15/h3-7,12H,8-11H2,1-2H3. The summed E-state index contributed by atoms with van der Waals surface area (Å²) in [6.45, 7) is 6.30. The van der Waals surface area contributed by atoms with Gasteiger partial charge in [-0.25, -0.2) is 13.0 Å². The fraction of sp³-hybridized carbons (Fsp3) is 0.333. The van der Waals surface area contributed by atoms with Crippen LogP contribution in [0, 0.1) is 13.8 Å². The molecule has 0 aliphatic carbocycles. The fourth-order valence-electron chi connectivity index (χ4n) is 3.36. The Morgan fingerprint density at radius 2 is 1.77 bits per heavy atom. The summed E-state index contributed by atoms with van der Waals surface area (Å²) in [4.78, 5) is 2.39. The second-order valence-corrected chi connectivity index (χ2v) is 8.48. The van der Waals surface area contributed by atoms with Crippen molar-refractivity contribution in [2.24, 2.45) is 0 Å². The Morgan fingerprint density at radius 3 is 2.54 bits per heavy atom. The second-order valence-electron chi connectivity index (χ2n) is 6.57. The van der Waals surface area contributed by atoms with Crippen LogP contribution in [0.15, 0.2) is 45.9 Å². The summed E-state index contributed by atoms with van der Waals surface area (Å²) < 4.78 is 32.3. The lowest BCUT2D eigenvalue weighted by Crippen LogP contribution is -2.48. The van der Waals surface area contributed by atoms with Crippen molar-refractivity contribution in [3.05, 3.63) is 47.5 Å². The van der Waals surface area contributed by atoms with Gasteiger partial charge >= 0.3 is 0 Å². The monoisotopic (exact) mass is 372 g/mol. The highest BCUT2D eigenvalue weighted by atomic mass is 32.2. The highest BCUT2D eigenvalue weighted by Gasteiger charge is 2.31. The van der Waals surface area contributed by atoms with Crippen LogP contribution >= 0.6 is 0 Å². The summed E-state index contributed by atoms with van der Waals surface area (Å²) in [5, 5.41) is 7.49. The lowest BCUT2D eigenvalue weighted by molar-refractivity contribution is 0.315. The molecule has 0 N–H and O–H groups in total. The Morgan fingerprint density at radius 1 is 1.00 bits per heavy atom. The van der Waals surface area contributed by atoms with Crippen LogP contribution in [-0.2, 0) is 10.0 Å². The molecule has 2 heterocycles. The summed E-state index contributed by atoms with van der Waals surface area (Å²) in [5.41, 5.74) is 4.30. The molecule has 0 bridgehead atoms. The fourth-order valence-corrected chi connectivity index (χ4v) is 4.92. The lowest BCUT2D eigenvalue weighted by atomic mass is 10.1. The predicted molar refractivity (Wildman–Crippen MR) is 98.7 cm³/mol. The van der Waals surface area contributed by atoms with E-state index in [1.807, 2.05) is 0 Å². The van der Waals surface area contributed by atoms with Crippen molar-refractivity contribution >= 4 is 26.7 Å². The zero-order chi connectivity index (χ0) is 18.3. The average molecular weight is 372 g/mol. The Hall–Kier alpha value is -2.45. The number of aromatic nitrogens is 2. The molecule has 3 aromatic rings. The smallest absolute Gasteiger partial charge is 0.245 e. The van der Waals surface area contributed by atoms with Gasteiger partial charge in [0.2, 0.25) is 10.0 Å². The quantitative estimate of drug-likeness (QED) is 0.702. The molecule has 8 heteroatoms. The molecular weight excluding hydrogens is 352 g/mol. The van der Waals surface area contributed by atoms with Gasteiger partial charge in [0, 0.05) is 31.9 Å². The van der Waals surface area contributed by atoms with E-state index >= 15 is 0 Å². The third-order valence-electron chi connectivity index (χ3n) is 4.81. The van der Waals surface area contributed by atoms with E-state index in [1.54, 1.807) is 18.2 Å². The van der Waals surface area contributed by atoms with Gasteiger partial charge in [-0.15, -0.1) is 0 Å². The third kappa shape index (κ3) is 2.85. The maximum absolute atomic E-state index is 13.1. The third-order valence-corrected chi connectivity index (χ3v) is 6.74. The van der Waals surface area contributed by atoms with E-state index in [2.05, 4.69) is 47.3 Å². The molecule has 1 saturated heterocycles. The van der Waals surface area contributed by atoms with E-state index in [9.17, 15) is 8.42 Å². The van der Waals surface area contributed by atoms with Gasteiger partial charge in [0.1, 0.15) is 10.4 Å². The first-order valence-electron chi connectivity index (χ1n) is 8.50. The van der Waals surface area contributed by atoms with E-state index in [1.165, 1.54) is 21.1 Å². The molecule has 0 spiro atoms. The highest BCUT2D eigenvalue weighted by Crippen LogP contribution is 2.27. The van der Waals surface area contributed by atoms with Crippen molar-refractivity contribution in [1.29, 1.82) is 0 Å². The number of piperazine rings is 1. The van der Waals surface area contributed by atoms with Gasteiger partial charge in [0.05, 0.1) is 0 Å². The molecule has 1 aromatic heterocycles. The first-order valence-corrected chi connectivity index (χ1v) is 9.94. The number of hydrogen-bond acceptors (Lipinski definition) is 6. The van der Waals surface area contributed by atoms with Crippen molar-refractivity contribution < 1.29 is 13.0 Å². The molecule has 136 valence electrons. The van der Waals surface area contributed by atoms with E-state index in [0.717, 1.165) is 0 Å². The van der Waals surface area contributed by atoms with Gasteiger partial charge in [-0.2, -0.15) is 4.31 Å². The van der Waals surface area contributed by atoms with E-state index in [-0.39, 0.29) is 10.4 Å². The minimum absolute atomic E-state index is 0.149. The van der Waals surface area contributed by atoms with Crippen molar-refractivity contribution in [1.82, 2.24) is 14.6 Å². The topological polar surface area (TPSA) is 79.5 Å².